The van der Waals surface area contributed by atoms with E-state index in [4.69, 9.17) is 29.4 Å². The van der Waals surface area contributed by atoms with E-state index in [9.17, 15) is 0 Å². The molecule has 0 saturated carbocycles. The van der Waals surface area contributed by atoms with Crippen molar-refractivity contribution in [1.82, 2.24) is 29.4 Å². The van der Waals surface area contributed by atoms with Gasteiger partial charge in [0.1, 0.15) is 6.33 Å². The predicted molar refractivity (Wildman–Crippen MR) is 145 cm³/mol. The molecule has 1 atom stereocenters. The number of nitrogens with zero attached hydrogens (tertiary/aromatic N) is 6. The fraction of sp³-hybridized carbons (Fsp3) is 0.133. The van der Waals surface area contributed by atoms with Gasteiger partial charge >= 0.3 is 0 Å². The maximum Gasteiger partial charge on any atom is 0.230 e. The van der Waals surface area contributed by atoms with Crippen LogP contribution < -0.4 is 14.2 Å². The highest BCUT2D eigenvalue weighted by atomic mass is 16.5. The molecule has 39 heavy (non-hydrogen) atoms. The van der Waals surface area contributed by atoms with Crippen LogP contribution in [-0.2, 0) is 0 Å². The topological polar surface area (TPSA) is 88.6 Å². The summed E-state index contributed by atoms with van der Waals surface area (Å²) in [6, 6.07) is 25.9. The van der Waals surface area contributed by atoms with Crippen LogP contribution in [0.3, 0.4) is 0 Å². The normalized spacial score (nSPS) is 14.0. The molecular weight excluding hydrogens is 492 g/mol. The van der Waals surface area contributed by atoms with Crippen LogP contribution in [0.2, 0.25) is 0 Å². The number of methoxy groups -OCH3 is 2. The third kappa shape index (κ3) is 3.62. The molecule has 0 bridgehead atoms. The minimum atomic E-state index is -0.207. The minimum absolute atomic E-state index is 0.207. The molecule has 9 nitrogen and oxygen atoms in total. The maximum atomic E-state index is 6.50. The molecule has 7 rings (SSSR count). The zero-order chi connectivity index (χ0) is 26.5. The first-order valence-corrected chi connectivity index (χ1v) is 12.5. The Balaban J connectivity index is 1.45. The van der Waals surface area contributed by atoms with Crippen LogP contribution in [0.25, 0.3) is 22.7 Å². The van der Waals surface area contributed by atoms with Gasteiger partial charge in [0, 0.05) is 5.56 Å². The van der Waals surface area contributed by atoms with Gasteiger partial charge < -0.3 is 14.2 Å². The molecule has 1 aliphatic rings. The largest absolute Gasteiger partial charge is 0.493 e. The Morgan fingerprint density at radius 3 is 2.31 bits per heavy atom. The maximum absolute atomic E-state index is 6.50. The highest BCUT2D eigenvalue weighted by Crippen LogP contribution is 2.49. The van der Waals surface area contributed by atoms with E-state index in [-0.39, 0.29) is 5.92 Å². The third-order valence-corrected chi connectivity index (χ3v) is 7.00. The van der Waals surface area contributed by atoms with Gasteiger partial charge in [0.25, 0.3) is 0 Å². The summed E-state index contributed by atoms with van der Waals surface area (Å²) in [5, 5.41) is 9.64. The Kier molecular flexibility index (Phi) is 5.29. The fourth-order valence-corrected chi connectivity index (χ4v) is 5.20. The standard InChI is InChI=1S/C30H24N6O3/c1-18-24-25(19-10-6-4-7-11-19)26-28-32-27(20-14-15-22(37-2)23(16-20)38-3)34-35(28)17-31-29(26)39-30(24)36(33-18)21-12-8-5-9-13-21/h4-17,25H,1-3H3/t25-/m1/s1. The lowest BCUT2D eigenvalue weighted by Gasteiger charge is -2.26. The van der Waals surface area contributed by atoms with Crippen LogP contribution >= 0.6 is 0 Å². The molecule has 3 aromatic carbocycles. The summed E-state index contributed by atoms with van der Waals surface area (Å²) in [4.78, 5) is 9.67. The molecular formula is C30H24N6O3. The van der Waals surface area contributed by atoms with E-state index in [0.29, 0.717) is 34.7 Å². The summed E-state index contributed by atoms with van der Waals surface area (Å²) in [6.45, 7) is 2.01. The van der Waals surface area contributed by atoms with Gasteiger partial charge in [-0.15, -0.1) is 5.10 Å². The van der Waals surface area contributed by atoms with Crippen molar-refractivity contribution in [2.75, 3.05) is 14.2 Å². The Bertz CT molecular complexity index is 1830. The van der Waals surface area contributed by atoms with Crippen LogP contribution in [0, 0.1) is 6.92 Å². The fourth-order valence-electron chi connectivity index (χ4n) is 5.20. The lowest BCUT2D eigenvalue weighted by molar-refractivity contribution is 0.355. The minimum Gasteiger partial charge on any atom is -0.493 e. The molecule has 0 unspecified atom stereocenters. The Morgan fingerprint density at radius 1 is 0.821 bits per heavy atom. The molecule has 0 saturated heterocycles. The molecule has 0 amide bonds. The van der Waals surface area contributed by atoms with Crippen LogP contribution in [0.15, 0.2) is 85.2 Å². The first-order valence-electron chi connectivity index (χ1n) is 12.5. The SMILES string of the molecule is COc1ccc(-c2nc3c4c(ncn3n2)Oc2c(c(C)nn2-c2ccccc2)[C@H]4c2ccccc2)cc1OC. The van der Waals surface area contributed by atoms with Crippen LogP contribution in [0.4, 0.5) is 0 Å². The summed E-state index contributed by atoms with van der Waals surface area (Å²) in [5.74, 6) is 2.71. The van der Waals surface area contributed by atoms with Crippen molar-refractivity contribution >= 4 is 5.65 Å². The van der Waals surface area contributed by atoms with Crippen LogP contribution in [0.1, 0.15) is 28.3 Å². The monoisotopic (exact) mass is 516 g/mol. The van der Waals surface area contributed by atoms with E-state index in [1.54, 1.807) is 25.1 Å². The first-order chi connectivity index (χ1) is 19.2. The van der Waals surface area contributed by atoms with Crippen LogP contribution in [0.5, 0.6) is 23.3 Å². The summed E-state index contributed by atoms with van der Waals surface area (Å²) < 4.78 is 20.9. The summed E-state index contributed by atoms with van der Waals surface area (Å²) in [7, 11) is 3.22. The van der Waals surface area contributed by atoms with E-state index < -0.39 is 0 Å². The van der Waals surface area contributed by atoms with Crippen molar-refractivity contribution in [2.24, 2.45) is 0 Å². The highest BCUT2D eigenvalue weighted by molar-refractivity contribution is 5.69. The second kappa shape index (κ2) is 8.98. The first kappa shape index (κ1) is 23.0. The van der Waals surface area contributed by atoms with Crippen molar-refractivity contribution in [2.45, 2.75) is 12.8 Å². The van der Waals surface area contributed by atoms with Gasteiger partial charge in [0.05, 0.1) is 42.6 Å². The molecule has 0 radical (unpaired) electrons. The number of fused-ring (bicyclic) bond motifs is 4. The zero-order valence-electron chi connectivity index (χ0n) is 21.6. The van der Waals surface area contributed by atoms with Crippen molar-refractivity contribution in [3.8, 4) is 40.3 Å². The van der Waals surface area contributed by atoms with Gasteiger partial charge in [-0.3, -0.25) is 0 Å². The van der Waals surface area contributed by atoms with Gasteiger partial charge in [-0.25, -0.2) is 19.2 Å². The lowest BCUT2D eigenvalue weighted by Crippen LogP contribution is -2.16. The lowest BCUT2D eigenvalue weighted by atomic mass is 9.84. The molecule has 0 spiro atoms. The number of aryl methyl sites for hydroxylation is 1. The van der Waals surface area contributed by atoms with E-state index >= 15 is 0 Å². The highest BCUT2D eigenvalue weighted by Gasteiger charge is 2.38. The number of hydrogen-bond donors (Lipinski definition) is 0. The van der Waals surface area contributed by atoms with E-state index in [2.05, 4.69) is 17.1 Å². The second-order valence-electron chi connectivity index (χ2n) is 9.23. The van der Waals surface area contributed by atoms with Gasteiger partial charge in [0.15, 0.2) is 23.0 Å². The summed E-state index contributed by atoms with van der Waals surface area (Å²) in [6.07, 6.45) is 1.63. The molecule has 4 heterocycles. The van der Waals surface area contributed by atoms with Crippen molar-refractivity contribution in [1.29, 1.82) is 0 Å². The zero-order valence-corrected chi connectivity index (χ0v) is 21.6. The van der Waals surface area contributed by atoms with Gasteiger partial charge in [-0.05, 0) is 42.8 Å². The number of benzene rings is 3. The Hall–Kier alpha value is -5.18. The van der Waals surface area contributed by atoms with Gasteiger partial charge in [-0.1, -0.05) is 48.5 Å². The van der Waals surface area contributed by atoms with E-state index in [1.165, 1.54) is 0 Å². The Morgan fingerprint density at radius 2 is 1.56 bits per heavy atom. The number of ether oxygens (including phenoxy) is 3. The molecule has 0 N–H and O–H groups in total. The summed E-state index contributed by atoms with van der Waals surface area (Å²) in [5.41, 5.74) is 6.15. The second-order valence-corrected chi connectivity index (χ2v) is 9.23. The van der Waals surface area contributed by atoms with E-state index in [0.717, 1.165) is 33.6 Å². The predicted octanol–water partition coefficient (Wildman–Crippen LogP) is 5.59. The average molecular weight is 517 g/mol. The molecule has 6 aromatic rings. The Labute approximate surface area is 224 Å². The van der Waals surface area contributed by atoms with Gasteiger partial charge in [-0.2, -0.15) is 5.10 Å². The van der Waals surface area contributed by atoms with Crippen molar-refractivity contribution in [3.63, 3.8) is 0 Å². The summed E-state index contributed by atoms with van der Waals surface area (Å²) >= 11 is 0. The molecule has 0 aliphatic carbocycles. The smallest absolute Gasteiger partial charge is 0.230 e. The number of para-hydroxylation sites is 1. The van der Waals surface area contributed by atoms with Crippen molar-refractivity contribution in [3.05, 3.63) is 108 Å². The number of hydrogen-bond acceptors (Lipinski definition) is 7. The molecule has 3 aromatic heterocycles. The average Bonchev–Trinajstić information content (AvgIpc) is 3.58. The molecule has 9 heteroatoms. The van der Waals surface area contributed by atoms with Crippen LogP contribution in [-0.4, -0.2) is 43.6 Å². The molecule has 192 valence electrons. The molecule has 0 fully saturated rings. The molecule has 1 aliphatic heterocycles. The van der Waals surface area contributed by atoms with Crippen molar-refractivity contribution < 1.29 is 14.2 Å². The third-order valence-electron chi connectivity index (χ3n) is 7.00. The number of rotatable bonds is 5. The van der Waals surface area contributed by atoms with Gasteiger partial charge in [0.2, 0.25) is 11.8 Å². The van der Waals surface area contributed by atoms with E-state index in [1.807, 2.05) is 78.3 Å². The number of aromatic nitrogens is 6. The quantitative estimate of drug-likeness (QED) is 0.295.